The largest absolute Gasteiger partial charge is 0.369 e. The summed E-state index contributed by atoms with van der Waals surface area (Å²) in [5.74, 6) is 0.341. The van der Waals surface area contributed by atoms with Crippen LogP contribution in [0, 0.1) is 23.2 Å². The number of sulfonamides is 1. The summed E-state index contributed by atoms with van der Waals surface area (Å²) in [6.07, 6.45) is 4.26. The zero-order valence-electron chi connectivity index (χ0n) is 17.2. The van der Waals surface area contributed by atoms with Crippen molar-refractivity contribution in [1.29, 1.82) is 0 Å². The third-order valence-electron chi connectivity index (χ3n) is 7.18. The highest BCUT2D eigenvalue weighted by Gasteiger charge is 2.58. The summed E-state index contributed by atoms with van der Waals surface area (Å²) in [7, 11) is -3.89. The number of carbonyl (C=O) groups is 2. The summed E-state index contributed by atoms with van der Waals surface area (Å²) in [4.78, 5) is 25.3. The van der Waals surface area contributed by atoms with Crippen LogP contribution in [0.15, 0.2) is 33.6 Å². The van der Waals surface area contributed by atoms with Crippen molar-refractivity contribution >= 4 is 37.8 Å². The van der Waals surface area contributed by atoms with E-state index in [1.807, 2.05) is 0 Å². The van der Waals surface area contributed by atoms with Gasteiger partial charge in [-0.25, -0.2) is 8.42 Å². The van der Waals surface area contributed by atoms with Crippen molar-refractivity contribution in [1.82, 2.24) is 10.0 Å². The maximum absolute atomic E-state index is 13.1. The first-order chi connectivity index (χ1) is 13.9. The maximum Gasteiger partial charge on any atom is 0.242 e. The van der Waals surface area contributed by atoms with E-state index in [0.717, 1.165) is 19.3 Å². The summed E-state index contributed by atoms with van der Waals surface area (Å²) in [5, 5.41) is 3.12. The van der Waals surface area contributed by atoms with Gasteiger partial charge in [-0.2, -0.15) is 4.72 Å². The molecule has 0 aromatic heterocycles. The number of benzene rings is 1. The number of hydrogen-bond donors (Lipinski definition) is 3. The molecule has 2 amide bonds. The molecule has 2 atom stereocenters. The normalized spacial score (nSPS) is 32.8. The van der Waals surface area contributed by atoms with Crippen LogP contribution in [0.25, 0.3) is 0 Å². The molecule has 0 radical (unpaired) electrons. The molecule has 0 spiro atoms. The number of halogens is 1. The van der Waals surface area contributed by atoms with Gasteiger partial charge in [0.1, 0.15) is 5.54 Å². The number of carbonyl (C=O) groups excluding carboxylic acids is 2. The Kier molecular flexibility index (Phi) is 5.30. The van der Waals surface area contributed by atoms with Gasteiger partial charge in [0.25, 0.3) is 0 Å². The van der Waals surface area contributed by atoms with E-state index in [0.29, 0.717) is 23.2 Å². The highest BCUT2D eigenvalue weighted by molar-refractivity contribution is 9.10. The molecule has 9 heteroatoms. The monoisotopic (exact) mass is 497 g/mol. The van der Waals surface area contributed by atoms with Crippen LogP contribution in [0.1, 0.15) is 46.0 Å². The third-order valence-corrected chi connectivity index (χ3v) is 9.84. The molecule has 5 rings (SSSR count). The Balaban J connectivity index is 1.49. The van der Waals surface area contributed by atoms with Gasteiger partial charge in [0.2, 0.25) is 21.8 Å². The van der Waals surface area contributed by atoms with Gasteiger partial charge in [0.05, 0.1) is 4.90 Å². The Bertz CT molecular complexity index is 978. The molecule has 4 bridgehead atoms. The van der Waals surface area contributed by atoms with E-state index in [1.165, 1.54) is 6.07 Å². The number of hydrogen-bond acceptors (Lipinski definition) is 4. The Morgan fingerprint density at radius 2 is 1.73 bits per heavy atom. The maximum atomic E-state index is 13.1. The molecular weight excluding hydrogens is 470 g/mol. The van der Waals surface area contributed by atoms with Crippen molar-refractivity contribution in [3.05, 3.63) is 28.7 Å². The van der Waals surface area contributed by atoms with Crippen LogP contribution in [0.3, 0.4) is 0 Å². The first-order valence-electron chi connectivity index (χ1n) is 10.3. The first-order valence-corrected chi connectivity index (χ1v) is 12.6. The second kappa shape index (κ2) is 7.31. The number of nitrogens with one attached hydrogen (secondary N) is 2. The Labute approximate surface area is 185 Å². The van der Waals surface area contributed by atoms with Gasteiger partial charge >= 0.3 is 0 Å². The zero-order chi connectivity index (χ0) is 21.9. The second-order valence-electron chi connectivity index (χ2n) is 9.77. The summed E-state index contributed by atoms with van der Waals surface area (Å²) >= 11 is 3.26. The van der Waals surface area contributed by atoms with Gasteiger partial charge in [-0.3, -0.25) is 9.59 Å². The van der Waals surface area contributed by atoms with Crippen LogP contribution in [0.4, 0.5) is 0 Å². The standard InChI is InChI=1S/C21H28BrN3O4S/c1-20(2,25-30(28,29)16-6-4-3-5-15(16)22)19(27)24-17-13-7-12-8-14(17)11-21(9-12,10-13)18(23)26/h3-6,12-14,17,25H,7-11H2,1-2H3,(H2,23,26)(H,24,27). The SMILES string of the molecule is CC(C)(NS(=O)(=O)c1ccccc1Br)C(=O)NC1C2CC3CC1CC(C(N)=O)(C3)C2. The average Bonchev–Trinajstić information content (AvgIpc) is 2.63. The van der Waals surface area contributed by atoms with Crippen LogP contribution in [-0.4, -0.2) is 31.8 Å². The van der Waals surface area contributed by atoms with Crippen LogP contribution in [0.2, 0.25) is 0 Å². The fourth-order valence-corrected chi connectivity index (χ4v) is 8.37. The van der Waals surface area contributed by atoms with Crippen molar-refractivity contribution in [3.8, 4) is 0 Å². The lowest BCUT2D eigenvalue weighted by Crippen LogP contribution is -2.65. The van der Waals surface area contributed by atoms with Crippen LogP contribution in [-0.2, 0) is 19.6 Å². The minimum Gasteiger partial charge on any atom is -0.369 e. The molecule has 4 aliphatic rings. The molecule has 1 aromatic rings. The highest BCUT2D eigenvalue weighted by atomic mass is 79.9. The van der Waals surface area contributed by atoms with Crippen molar-refractivity contribution in [2.45, 2.75) is 62.4 Å². The summed E-state index contributed by atoms with van der Waals surface area (Å²) < 4.78 is 28.7. The summed E-state index contributed by atoms with van der Waals surface area (Å²) in [6, 6.07) is 6.45. The lowest BCUT2D eigenvalue weighted by atomic mass is 9.47. The van der Waals surface area contributed by atoms with Crippen LogP contribution < -0.4 is 15.8 Å². The van der Waals surface area contributed by atoms with Crippen molar-refractivity contribution in [2.75, 3.05) is 0 Å². The molecule has 0 aliphatic heterocycles. The average molecular weight is 498 g/mol. The van der Waals surface area contributed by atoms with Gasteiger partial charge in [-0.05, 0) is 91.8 Å². The molecule has 7 nitrogen and oxygen atoms in total. The number of nitrogens with two attached hydrogens (primary N) is 1. The van der Waals surface area contributed by atoms with E-state index in [2.05, 4.69) is 26.0 Å². The molecule has 4 fully saturated rings. The fraction of sp³-hybridized carbons (Fsp3) is 0.619. The molecule has 0 heterocycles. The first kappa shape index (κ1) is 21.8. The smallest absolute Gasteiger partial charge is 0.242 e. The Hall–Kier alpha value is -1.45. The van der Waals surface area contributed by atoms with Crippen molar-refractivity contribution in [2.24, 2.45) is 28.9 Å². The minimum atomic E-state index is -3.89. The summed E-state index contributed by atoms with van der Waals surface area (Å²) in [6.45, 7) is 3.13. The van der Waals surface area contributed by atoms with Gasteiger partial charge in [0.15, 0.2) is 0 Å². The van der Waals surface area contributed by atoms with Gasteiger partial charge in [-0.1, -0.05) is 12.1 Å². The van der Waals surface area contributed by atoms with Crippen molar-refractivity contribution in [3.63, 3.8) is 0 Å². The molecule has 4 aliphatic carbocycles. The molecule has 4 saturated carbocycles. The minimum absolute atomic E-state index is 0.0474. The predicted octanol–water partition coefficient (Wildman–Crippen LogP) is 2.30. The van der Waals surface area contributed by atoms with Gasteiger partial charge in [0, 0.05) is 15.9 Å². The molecule has 4 N–H and O–H groups in total. The Morgan fingerprint density at radius 1 is 1.13 bits per heavy atom. The third kappa shape index (κ3) is 3.69. The molecule has 30 heavy (non-hydrogen) atoms. The van der Waals surface area contributed by atoms with E-state index < -0.39 is 21.0 Å². The van der Waals surface area contributed by atoms with E-state index in [4.69, 9.17) is 5.73 Å². The molecule has 1 aromatic carbocycles. The molecule has 2 unspecified atom stereocenters. The lowest BCUT2D eigenvalue weighted by molar-refractivity contribution is -0.148. The number of rotatable bonds is 6. The van der Waals surface area contributed by atoms with E-state index >= 15 is 0 Å². The quantitative estimate of drug-likeness (QED) is 0.558. The number of amides is 2. The van der Waals surface area contributed by atoms with E-state index in [1.54, 1.807) is 32.0 Å². The van der Waals surface area contributed by atoms with Crippen molar-refractivity contribution < 1.29 is 18.0 Å². The molecule has 0 saturated heterocycles. The second-order valence-corrected chi connectivity index (χ2v) is 12.3. The van der Waals surface area contributed by atoms with E-state index in [-0.39, 0.29) is 34.6 Å². The highest BCUT2D eigenvalue weighted by Crippen LogP contribution is 2.59. The van der Waals surface area contributed by atoms with Gasteiger partial charge < -0.3 is 11.1 Å². The molecular formula is C21H28BrN3O4S. The Morgan fingerprint density at radius 3 is 2.30 bits per heavy atom. The van der Waals surface area contributed by atoms with Crippen LogP contribution >= 0.6 is 15.9 Å². The summed E-state index contributed by atoms with van der Waals surface area (Å²) in [5.41, 5.74) is 3.99. The molecule has 164 valence electrons. The fourth-order valence-electron chi connectivity index (χ4n) is 5.99. The van der Waals surface area contributed by atoms with E-state index in [9.17, 15) is 18.0 Å². The van der Waals surface area contributed by atoms with Crippen LogP contribution in [0.5, 0.6) is 0 Å². The zero-order valence-corrected chi connectivity index (χ0v) is 19.6. The lowest BCUT2D eigenvalue weighted by Gasteiger charge is -2.59. The predicted molar refractivity (Wildman–Crippen MR) is 116 cm³/mol. The number of primary amides is 1. The topological polar surface area (TPSA) is 118 Å². The van der Waals surface area contributed by atoms with Gasteiger partial charge in [-0.15, -0.1) is 0 Å².